The summed E-state index contributed by atoms with van der Waals surface area (Å²) in [6.45, 7) is 4.03. The standard InChI is InChI=1S/C14H17ClN2O2/c1-9-6-12(17(3)16-9)8-19-14-5-4-11(15)7-13(14)10(2)18/h4-7,10,18H,8H2,1-3H3/t10-/m0/s1. The Hall–Kier alpha value is -1.52. The molecule has 0 saturated heterocycles. The number of ether oxygens (including phenoxy) is 1. The van der Waals surface area contributed by atoms with Crippen LogP contribution < -0.4 is 4.74 Å². The predicted octanol–water partition coefficient (Wildman–Crippen LogP) is 3.01. The van der Waals surface area contributed by atoms with E-state index in [9.17, 15) is 5.11 Å². The molecule has 1 atom stereocenters. The lowest BCUT2D eigenvalue weighted by Gasteiger charge is -2.13. The van der Waals surface area contributed by atoms with Gasteiger partial charge >= 0.3 is 0 Å². The summed E-state index contributed by atoms with van der Waals surface area (Å²) in [5, 5.41) is 14.6. The van der Waals surface area contributed by atoms with Gasteiger partial charge in [0.15, 0.2) is 0 Å². The molecule has 1 N–H and O–H groups in total. The molecule has 0 spiro atoms. The van der Waals surface area contributed by atoms with E-state index in [1.165, 1.54) is 0 Å². The zero-order chi connectivity index (χ0) is 14.0. The van der Waals surface area contributed by atoms with E-state index in [0.29, 0.717) is 22.9 Å². The summed E-state index contributed by atoms with van der Waals surface area (Å²) in [5.74, 6) is 0.637. The molecule has 0 amide bonds. The number of rotatable bonds is 4. The Morgan fingerprint density at radius 2 is 2.16 bits per heavy atom. The van der Waals surface area contributed by atoms with E-state index in [0.717, 1.165) is 11.4 Å². The largest absolute Gasteiger partial charge is 0.487 e. The van der Waals surface area contributed by atoms with Crippen molar-refractivity contribution < 1.29 is 9.84 Å². The molecule has 5 heteroatoms. The highest BCUT2D eigenvalue weighted by atomic mass is 35.5. The molecule has 0 aliphatic rings. The van der Waals surface area contributed by atoms with Gasteiger partial charge in [-0.15, -0.1) is 0 Å². The van der Waals surface area contributed by atoms with Crippen LogP contribution in [0.5, 0.6) is 5.75 Å². The van der Waals surface area contributed by atoms with Crippen molar-refractivity contribution in [3.05, 3.63) is 46.2 Å². The number of aromatic nitrogens is 2. The average molecular weight is 281 g/mol. The highest BCUT2D eigenvalue weighted by molar-refractivity contribution is 6.30. The van der Waals surface area contributed by atoms with E-state index in [2.05, 4.69) is 5.10 Å². The van der Waals surface area contributed by atoms with Crippen molar-refractivity contribution in [2.24, 2.45) is 7.05 Å². The number of nitrogens with zero attached hydrogens (tertiary/aromatic N) is 2. The smallest absolute Gasteiger partial charge is 0.130 e. The van der Waals surface area contributed by atoms with Gasteiger partial charge in [0.1, 0.15) is 12.4 Å². The van der Waals surface area contributed by atoms with E-state index in [4.69, 9.17) is 16.3 Å². The molecular formula is C14H17ClN2O2. The van der Waals surface area contributed by atoms with Crippen molar-refractivity contribution in [1.29, 1.82) is 0 Å². The number of hydrogen-bond donors (Lipinski definition) is 1. The van der Waals surface area contributed by atoms with Crippen molar-refractivity contribution in [3.63, 3.8) is 0 Å². The average Bonchev–Trinajstić information content (AvgIpc) is 2.66. The maximum Gasteiger partial charge on any atom is 0.130 e. The first-order chi connectivity index (χ1) is 8.97. The molecule has 1 aromatic heterocycles. The Morgan fingerprint density at radius 1 is 1.42 bits per heavy atom. The fourth-order valence-electron chi connectivity index (χ4n) is 1.93. The summed E-state index contributed by atoms with van der Waals surface area (Å²) in [4.78, 5) is 0. The molecule has 0 unspecified atom stereocenters. The summed E-state index contributed by atoms with van der Waals surface area (Å²) in [7, 11) is 1.88. The molecule has 19 heavy (non-hydrogen) atoms. The number of benzene rings is 1. The molecule has 4 nitrogen and oxygen atoms in total. The quantitative estimate of drug-likeness (QED) is 0.936. The Morgan fingerprint density at radius 3 is 2.74 bits per heavy atom. The van der Waals surface area contributed by atoms with Gasteiger partial charge in [-0.3, -0.25) is 4.68 Å². The van der Waals surface area contributed by atoms with Crippen LogP contribution in [0.25, 0.3) is 0 Å². The lowest BCUT2D eigenvalue weighted by atomic mass is 10.1. The highest BCUT2D eigenvalue weighted by Crippen LogP contribution is 2.28. The van der Waals surface area contributed by atoms with Crippen LogP contribution in [0.2, 0.25) is 5.02 Å². The molecule has 1 heterocycles. The van der Waals surface area contributed by atoms with E-state index < -0.39 is 6.10 Å². The fourth-order valence-corrected chi connectivity index (χ4v) is 2.11. The van der Waals surface area contributed by atoms with Gasteiger partial charge in [-0.25, -0.2) is 0 Å². The van der Waals surface area contributed by atoms with Crippen molar-refractivity contribution in [3.8, 4) is 5.75 Å². The van der Waals surface area contributed by atoms with E-state index >= 15 is 0 Å². The third-order valence-corrected chi connectivity index (χ3v) is 3.13. The zero-order valence-electron chi connectivity index (χ0n) is 11.2. The highest BCUT2D eigenvalue weighted by Gasteiger charge is 2.11. The Labute approximate surface area is 117 Å². The van der Waals surface area contributed by atoms with Crippen LogP contribution in [-0.2, 0) is 13.7 Å². The third-order valence-electron chi connectivity index (χ3n) is 2.90. The number of aliphatic hydroxyl groups excluding tert-OH is 1. The topological polar surface area (TPSA) is 47.3 Å². The first kappa shape index (κ1) is 13.9. The summed E-state index contributed by atoms with van der Waals surface area (Å²) in [6.07, 6.45) is -0.623. The van der Waals surface area contributed by atoms with Gasteiger partial charge in [-0.1, -0.05) is 11.6 Å². The van der Waals surface area contributed by atoms with E-state index in [1.54, 1.807) is 29.8 Å². The molecule has 0 fully saturated rings. The first-order valence-corrected chi connectivity index (χ1v) is 6.45. The second-order valence-electron chi connectivity index (χ2n) is 4.55. The van der Waals surface area contributed by atoms with Crippen molar-refractivity contribution >= 4 is 11.6 Å². The SMILES string of the molecule is Cc1cc(COc2ccc(Cl)cc2[C@H](C)O)n(C)n1. The van der Waals surface area contributed by atoms with Crippen LogP contribution in [0, 0.1) is 6.92 Å². The number of aliphatic hydroxyl groups is 1. The number of aryl methyl sites for hydroxylation is 2. The minimum absolute atomic E-state index is 0.401. The van der Waals surface area contributed by atoms with Crippen LogP contribution in [0.4, 0.5) is 0 Å². The summed E-state index contributed by atoms with van der Waals surface area (Å²) < 4.78 is 7.54. The molecule has 102 valence electrons. The third kappa shape index (κ3) is 3.28. The number of hydrogen-bond acceptors (Lipinski definition) is 3. The monoisotopic (exact) mass is 280 g/mol. The van der Waals surface area contributed by atoms with Gasteiger partial charge in [0, 0.05) is 17.6 Å². The lowest BCUT2D eigenvalue weighted by molar-refractivity contribution is 0.189. The minimum Gasteiger partial charge on any atom is -0.487 e. The molecule has 0 bridgehead atoms. The molecule has 1 aromatic carbocycles. The second kappa shape index (κ2) is 5.63. The fraction of sp³-hybridized carbons (Fsp3) is 0.357. The lowest BCUT2D eigenvalue weighted by Crippen LogP contribution is -2.05. The normalized spacial score (nSPS) is 12.5. The van der Waals surface area contributed by atoms with Gasteiger partial charge in [0.05, 0.1) is 17.5 Å². The van der Waals surface area contributed by atoms with Crippen LogP contribution in [0.15, 0.2) is 24.3 Å². The minimum atomic E-state index is -0.623. The Balaban J connectivity index is 2.17. The molecule has 0 aliphatic carbocycles. The van der Waals surface area contributed by atoms with Crippen molar-refractivity contribution in [2.75, 3.05) is 0 Å². The van der Waals surface area contributed by atoms with E-state index in [-0.39, 0.29) is 0 Å². The summed E-state index contributed by atoms with van der Waals surface area (Å²) in [6, 6.07) is 7.21. The summed E-state index contributed by atoms with van der Waals surface area (Å²) in [5.41, 5.74) is 2.61. The van der Waals surface area contributed by atoms with Gasteiger partial charge in [0.2, 0.25) is 0 Å². The maximum absolute atomic E-state index is 9.73. The van der Waals surface area contributed by atoms with Gasteiger partial charge in [-0.2, -0.15) is 5.10 Å². The van der Waals surface area contributed by atoms with Crippen LogP contribution in [0.3, 0.4) is 0 Å². The molecular weight excluding hydrogens is 264 g/mol. The van der Waals surface area contributed by atoms with Crippen LogP contribution >= 0.6 is 11.6 Å². The molecule has 2 aromatic rings. The van der Waals surface area contributed by atoms with E-state index in [1.807, 2.05) is 20.0 Å². The maximum atomic E-state index is 9.73. The van der Waals surface area contributed by atoms with Gasteiger partial charge < -0.3 is 9.84 Å². The van der Waals surface area contributed by atoms with Gasteiger partial charge in [0.25, 0.3) is 0 Å². The molecule has 0 aliphatic heterocycles. The zero-order valence-corrected chi connectivity index (χ0v) is 12.0. The molecule has 0 radical (unpaired) electrons. The molecule has 2 rings (SSSR count). The second-order valence-corrected chi connectivity index (χ2v) is 4.98. The van der Waals surface area contributed by atoms with Crippen LogP contribution in [0.1, 0.15) is 30.0 Å². The van der Waals surface area contributed by atoms with Crippen molar-refractivity contribution in [1.82, 2.24) is 9.78 Å². The number of halogens is 1. The van der Waals surface area contributed by atoms with Crippen molar-refractivity contribution in [2.45, 2.75) is 26.6 Å². The van der Waals surface area contributed by atoms with Crippen LogP contribution in [-0.4, -0.2) is 14.9 Å². The molecule has 0 saturated carbocycles. The predicted molar refractivity (Wildman–Crippen MR) is 74.4 cm³/mol. The summed E-state index contributed by atoms with van der Waals surface area (Å²) >= 11 is 5.93. The van der Waals surface area contributed by atoms with Gasteiger partial charge in [-0.05, 0) is 38.1 Å². The Bertz CT molecular complexity index is 579. The Kier molecular flexibility index (Phi) is 4.12. The first-order valence-electron chi connectivity index (χ1n) is 6.07.